The zero-order chi connectivity index (χ0) is 60.8. The lowest BCUT2D eigenvalue weighted by molar-refractivity contribution is 0.0916. The van der Waals surface area contributed by atoms with Crippen LogP contribution in [0.15, 0.2) is 78.9 Å². The number of nitrogens with zero attached hydrogens (tertiary/aromatic N) is 6. The highest BCUT2D eigenvalue weighted by molar-refractivity contribution is 6.19. The van der Waals surface area contributed by atoms with Gasteiger partial charge in [-0.15, -0.1) is 0 Å². The molecule has 86 heavy (non-hydrogen) atoms. The predicted octanol–water partition coefficient (Wildman–Crippen LogP) is 12.5. The number of aromatic nitrogens is 3. The summed E-state index contributed by atoms with van der Waals surface area (Å²) < 4.78 is 31.4. The summed E-state index contributed by atoms with van der Waals surface area (Å²) in [5, 5.41) is 5.18. The Morgan fingerprint density at radius 1 is 0.535 bits per heavy atom. The van der Waals surface area contributed by atoms with E-state index in [1.807, 2.05) is 93.0 Å². The zero-order valence-electron chi connectivity index (χ0n) is 51.4. The molecule has 0 amide bonds. The van der Waals surface area contributed by atoms with Crippen LogP contribution in [0.3, 0.4) is 0 Å². The van der Waals surface area contributed by atoms with Gasteiger partial charge in [0.05, 0.1) is 58.5 Å². The van der Waals surface area contributed by atoms with Crippen LogP contribution in [0, 0.1) is 0 Å². The molecule has 0 spiro atoms. The van der Waals surface area contributed by atoms with Gasteiger partial charge in [-0.3, -0.25) is 28.8 Å². The summed E-state index contributed by atoms with van der Waals surface area (Å²) in [6, 6.07) is 25.2. The summed E-state index contributed by atoms with van der Waals surface area (Å²) >= 11 is 0. The second kappa shape index (κ2) is 24.7. The van der Waals surface area contributed by atoms with Gasteiger partial charge >= 0.3 is 0 Å². The summed E-state index contributed by atoms with van der Waals surface area (Å²) in [7, 11) is 13.5. The molecule has 1 fully saturated rings. The first-order chi connectivity index (χ1) is 41.3. The molecule has 0 N–H and O–H groups in total. The third kappa shape index (κ3) is 11.3. The smallest absolute Gasteiger partial charge is 0.167 e. The van der Waals surface area contributed by atoms with Crippen LogP contribution in [0.25, 0.3) is 65.4 Å². The number of aryl methyl sites for hydroxylation is 4. The van der Waals surface area contributed by atoms with Crippen molar-refractivity contribution in [1.82, 2.24) is 28.4 Å². The van der Waals surface area contributed by atoms with Gasteiger partial charge in [0.1, 0.15) is 36.2 Å². The van der Waals surface area contributed by atoms with Crippen LogP contribution >= 0.6 is 0 Å². The lowest BCUT2D eigenvalue weighted by Gasteiger charge is -2.20. The fourth-order valence-corrected chi connectivity index (χ4v) is 13.5. The Kier molecular flexibility index (Phi) is 17.1. The monoisotopic (exact) mass is 1160 g/mol. The number of Topliss-reactive ketones (excluding diaryl/α,β-unsaturated/α-hetero) is 6. The summed E-state index contributed by atoms with van der Waals surface area (Å²) in [5.74, 6) is 0.866. The maximum absolute atomic E-state index is 14.6. The van der Waals surface area contributed by atoms with Gasteiger partial charge in [0.25, 0.3) is 0 Å². The largest absolute Gasteiger partial charge is 0.496 e. The van der Waals surface area contributed by atoms with Crippen molar-refractivity contribution < 1.29 is 47.7 Å². The Labute approximate surface area is 501 Å². The van der Waals surface area contributed by atoms with E-state index in [9.17, 15) is 28.8 Å². The molecule has 11 rings (SSSR count). The molecule has 0 radical (unpaired) electrons. The number of benzene rings is 6. The molecule has 1 aliphatic carbocycles. The van der Waals surface area contributed by atoms with Crippen LogP contribution in [0.1, 0.15) is 140 Å². The number of fused-ring (bicyclic) bond motifs is 11. The highest BCUT2D eigenvalue weighted by Crippen LogP contribution is 2.42. The van der Waals surface area contributed by atoms with E-state index in [4.69, 9.17) is 18.9 Å². The van der Waals surface area contributed by atoms with E-state index in [0.29, 0.717) is 82.8 Å². The third-order valence-electron chi connectivity index (χ3n) is 17.9. The van der Waals surface area contributed by atoms with Crippen molar-refractivity contribution in [2.24, 2.45) is 0 Å². The Hall–Kier alpha value is -8.18. The lowest BCUT2D eigenvalue weighted by atomic mass is 9.97. The number of ketones is 6. The van der Waals surface area contributed by atoms with E-state index in [1.54, 1.807) is 14.2 Å². The van der Waals surface area contributed by atoms with Gasteiger partial charge in [0, 0.05) is 124 Å². The van der Waals surface area contributed by atoms with Crippen molar-refractivity contribution in [1.29, 1.82) is 0 Å². The van der Waals surface area contributed by atoms with E-state index in [2.05, 4.69) is 49.5 Å². The first-order valence-electron chi connectivity index (χ1n) is 30.2. The molecule has 0 saturated carbocycles. The molecule has 448 valence electrons. The fourth-order valence-electron chi connectivity index (χ4n) is 13.5. The van der Waals surface area contributed by atoms with Gasteiger partial charge in [-0.25, -0.2) is 0 Å². The van der Waals surface area contributed by atoms with E-state index in [-0.39, 0.29) is 60.8 Å². The molecule has 4 heterocycles. The number of ether oxygens (including phenoxy) is 4. The van der Waals surface area contributed by atoms with E-state index < -0.39 is 0 Å². The topological polar surface area (TPSA) is 164 Å². The number of carbonyl (C=O) groups is 6. The second-order valence-corrected chi connectivity index (χ2v) is 24.1. The first kappa shape index (κ1) is 59.5. The van der Waals surface area contributed by atoms with Gasteiger partial charge in [-0.05, 0) is 174 Å². The number of likely N-dealkylation sites (tertiary alicyclic amines) is 1. The van der Waals surface area contributed by atoms with Crippen LogP contribution in [-0.2, 0) is 26.1 Å². The average Bonchev–Trinajstić information content (AvgIpc) is 3.24. The van der Waals surface area contributed by atoms with E-state index in [0.717, 1.165) is 135 Å². The molecule has 1 unspecified atom stereocenters. The van der Waals surface area contributed by atoms with E-state index in [1.165, 1.54) is 20.8 Å². The molecule has 9 aromatic rings. The molecule has 2 aliphatic rings. The standard InChI is InChI=1S/C70H78N6O10/c1-41(77)48-33-51-52-34-49(42(2)78)68(39-61(52)75(28-13-25-72(6)7)59(51)37-66(48)83-9)85-30-31-86-69-40-62-53(35-50(69)43(3)79)54-36-56(67(84-10)38-60(54)76(62)29-23-45-14-11-26-73(45)8)65(82)22-21-63(80)44-15-18-57-55(32-44)70-47-17-20-64(81)46(47)16-19-58(70)74(57)27-12-24-71(4)5/h15-16,18-19,32-40,45H,11-14,17,20-31H2,1-10H3. The van der Waals surface area contributed by atoms with Gasteiger partial charge < -0.3 is 47.3 Å². The normalized spacial score (nSPS) is 14.6. The van der Waals surface area contributed by atoms with Crippen LogP contribution < -0.4 is 18.9 Å². The summed E-state index contributed by atoms with van der Waals surface area (Å²) in [5.41, 5.74) is 9.33. The molecule has 1 saturated heterocycles. The highest BCUT2D eigenvalue weighted by atomic mass is 16.5. The predicted molar refractivity (Wildman–Crippen MR) is 340 cm³/mol. The van der Waals surface area contributed by atoms with Crippen molar-refractivity contribution in [3.05, 3.63) is 118 Å². The van der Waals surface area contributed by atoms with Crippen molar-refractivity contribution in [3.8, 4) is 23.0 Å². The lowest BCUT2D eigenvalue weighted by Crippen LogP contribution is -2.26. The highest BCUT2D eigenvalue weighted by Gasteiger charge is 2.29. The van der Waals surface area contributed by atoms with Crippen LogP contribution in [0.5, 0.6) is 23.0 Å². The minimum absolute atomic E-state index is 0.0237. The molecule has 1 atom stereocenters. The summed E-state index contributed by atoms with van der Waals surface area (Å²) in [6.45, 7) is 9.51. The average molecular weight is 1160 g/mol. The van der Waals surface area contributed by atoms with Gasteiger partial charge in [0.15, 0.2) is 34.7 Å². The molecule has 16 heteroatoms. The van der Waals surface area contributed by atoms with Crippen LogP contribution in [0.2, 0.25) is 0 Å². The number of hydrogen-bond acceptors (Lipinski definition) is 13. The second-order valence-electron chi connectivity index (χ2n) is 24.1. The van der Waals surface area contributed by atoms with Gasteiger partial charge in [-0.1, -0.05) is 0 Å². The van der Waals surface area contributed by atoms with Crippen molar-refractivity contribution >= 4 is 100 Å². The van der Waals surface area contributed by atoms with Crippen molar-refractivity contribution in [2.75, 3.05) is 82.3 Å². The Bertz CT molecular complexity index is 4230. The molecule has 3 aromatic heterocycles. The first-order valence-corrected chi connectivity index (χ1v) is 30.2. The SMILES string of the molecule is COc1cc2c(cc1C(C)=O)c1cc(C(C)=O)c(OCCOc3cc4c(cc3C(C)=O)c3cc(C(=O)CCC(=O)c5ccc6c(c5)c5c7c(ccc5n6CCCN(C)C)C(=O)CC7)c(OC)cc3n4CCC3CCCN3C)cc1n2CCCN(C)C. The number of rotatable bonds is 26. The zero-order valence-corrected chi connectivity index (χ0v) is 51.4. The minimum Gasteiger partial charge on any atom is -0.496 e. The molecule has 16 nitrogen and oxygen atoms in total. The van der Waals surface area contributed by atoms with Gasteiger partial charge in [0.2, 0.25) is 0 Å². The number of hydrogen-bond donors (Lipinski definition) is 0. The van der Waals surface area contributed by atoms with Crippen LogP contribution in [-0.4, -0.2) is 151 Å². The molecular formula is C70H78N6O10. The Morgan fingerprint density at radius 2 is 1.01 bits per heavy atom. The number of carbonyl (C=O) groups excluding carboxylic acids is 6. The summed E-state index contributed by atoms with van der Waals surface area (Å²) in [6.07, 6.45) is 5.91. The minimum atomic E-state index is -0.243. The number of methoxy groups -OCH3 is 2. The Balaban J connectivity index is 0.889. The fraction of sp³-hybridized carbons (Fsp3) is 0.400. The van der Waals surface area contributed by atoms with E-state index >= 15 is 0 Å². The Morgan fingerprint density at radius 3 is 1.52 bits per heavy atom. The van der Waals surface area contributed by atoms with Crippen molar-refractivity contribution in [2.45, 2.75) is 104 Å². The molecule has 1 aliphatic heterocycles. The van der Waals surface area contributed by atoms with Gasteiger partial charge in [-0.2, -0.15) is 0 Å². The van der Waals surface area contributed by atoms with Crippen molar-refractivity contribution in [3.63, 3.8) is 0 Å². The molecule has 6 aromatic carbocycles. The quantitative estimate of drug-likeness (QED) is 0.0372. The maximum Gasteiger partial charge on any atom is 0.167 e. The van der Waals surface area contributed by atoms with Crippen LogP contribution in [0.4, 0.5) is 0 Å². The molecular weight excluding hydrogens is 1080 g/mol. The maximum atomic E-state index is 14.6. The molecule has 0 bridgehead atoms. The third-order valence-corrected chi connectivity index (χ3v) is 17.9. The summed E-state index contributed by atoms with van der Waals surface area (Å²) in [4.78, 5) is 88.3.